The fourth-order valence-electron chi connectivity index (χ4n) is 3.72. The average molecular weight is 425 g/mol. The number of allylic oxidation sites excluding steroid dienone is 1. The molecule has 1 heterocycles. The van der Waals surface area contributed by atoms with Crippen molar-refractivity contribution in [2.75, 3.05) is 0 Å². The number of hydrogen-bond acceptors (Lipinski definition) is 3. The van der Waals surface area contributed by atoms with Crippen LogP contribution in [0.15, 0.2) is 53.0 Å². The number of aryl methyl sites for hydroxylation is 3. The maximum Gasteiger partial charge on any atom is 0.330 e. The van der Waals surface area contributed by atoms with Crippen LogP contribution in [0.4, 0.5) is 0 Å². The monoisotopic (exact) mass is 424 g/mol. The maximum absolute atomic E-state index is 11.7. The second-order valence-corrected chi connectivity index (χ2v) is 8.43. The second-order valence-electron chi connectivity index (χ2n) is 8.43. The van der Waals surface area contributed by atoms with E-state index in [0.29, 0.717) is 6.61 Å². The van der Waals surface area contributed by atoms with E-state index in [4.69, 9.17) is 9.15 Å². The largest absolute Gasteiger partial charge is 0.466 e. The Morgan fingerprint density at radius 2 is 1.65 bits per heavy atom. The van der Waals surface area contributed by atoms with Crippen molar-refractivity contribution >= 4 is 5.97 Å². The molecule has 0 aliphatic rings. The summed E-state index contributed by atoms with van der Waals surface area (Å²) >= 11 is 0. The highest BCUT2D eigenvalue weighted by Gasteiger charge is 2.07. The molecule has 3 heteroatoms. The highest BCUT2D eigenvalue weighted by molar-refractivity contribution is 5.81. The van der Waals surface area contributed by atoms with Crippen LogP contribution in [-0.4, -0.2) is 5.97 Å². The molecule has 0 radical (unpaired) electrons. The molecule has 0 bridgehead atoms. The summed E-state index contributed by atoms with van der Waals surface area (Å²) in [4.78, 5) is 11.7. The summed E-state index contributed by atoms with van der Waals surface area (Å²) in [6, 6.07) is 12.0. The number of furan rings is 1. The van der Waals surface area contributed by atoms with Crippen LogP contribution in [0.3, 0.4) is 0 Å². The van der Waals surface area contributed by atoms with Gasteiger partial charge in [-0.05, 0) is 49.8 Å². The summed E-state index contributed by atoms with van der Waals surface area (Å²) in [6.07, 6.45) is 17.7. The van der Waals surface area contributed by atoms with Gasteiger partial charge in [0.25, 0.3) is 0 Å². The SMILES string of the molecule is CCCCCc1cc(C)c(CCCCCCCC/C=C/C(=O)OCc2ccccc2)o1. The fraction of sp³-hybridized carbons (Fsp3) is 0.536. The molecule has 31 heavy (non-hydrogen) atoms. The highest BCUT2D eigenvalue weighted by atomic mass is 16.5. The number of benzene rings is 1. The van der Waals surface area contributed by atoms with E-state index in [1.54, 1.807) is 6.08 Å². The van der Waals surface area contributed by atoms with Gasteiger partial charge in [0.15, 0.2) is 0 Å². The first kappa shape index (κ1) is 25.0. The molecule has 2 aromatic rings. The van der Waals surface area contributed by atoms with Crippen molar-refractivity contribution in [2.45, 2.75) is 97.5 Å². The number of hydrogen-bond donors (Lipinski definition) is 0. The number of carbonyl (C=O) groups excluding carboxylic acids is 1. The lowest BCUT2D eigenvalue weighted by atomic mass is 10.1. The van der Waals surface area contributed by atoms with Crippen molar-refractivity contribution in [1.29, 1.82) is 0 Å². The van der Waals surface area contributed by atoms with Crippen LogP contribution in [0.1, 0.15) is 93.8 Å². The number of rotatable bonds is 16. The Morgan fingerprint density at radius 1 is 0.935 bits per heavy atom. The number of unbranched alkanes of at least 4 members (excludes halogenated alkanes) is 8. The maximum atomic E-state index is 11.7. The summed E-state index contributed by atoms with van der Waals surface area (Å²) in [5.74, 6) is 2.10. The minimum Gasteiger partial charge on any atom is -0.466 e. The van der Waals surface area contributed by atoms with Gasteiger partial charge in [-0.25, -0.2) is 4.79 Å². The lowest BCUT2D eigenvalue weighted by molar-refractivity contribution is -0.139. The third kappa shape index (κ3) is 11.1. The summed E-state index contributed by atoms with van der Waals surface area (Å²) in [5.41, 5.74) is 2.33. The summed E-state index contributed by atoms with van der Waals surface area (Å²) in [6.45, 7) is 4.74. The molecule has 0 aliphatic heterocycles. The van der Waals surface area contributed by atoms with Gasteiger partial charge >= 0.3 is 5.97 Å². The smallest absolute Gasteiger partial charge is 0.330 e. The molecule has 3 nitrogen and oxygen atoms in total. The lowest BCUT2D eigenvalue weighted by Gasteiger charge is -2.02. The first-order valence-corrected chi connectivity index (χ1v) is 12.1. The minimum atomic E-state index is -0.259. The first-order valence-electron chi connectivity index (χ1n) is 12.1. The molecule has 0 atom stereocenters. The van der Waals surface area contributed by atoms with E-state index < -0.39 is 0 Å². The number of ether oxygens (including phenoxy) is 1. The Bertz CT molecular complexity index is 758. The Balaban J connectivity index is 1.45. The Labute approximate surface area is 188 Å². The fourth-order valence-corrected chi connectivity index (χ4v) is 3.72. The molecule has 0 N–H and O–H groups in total. The van der Waals surface area contributed by atoms with E-state index in [1.807, 2.05) is 36.4 Å². The predicted octanol–water partition coefficient (Wildman–Crippen LogP) is 7.89. The van der Waals surface area contributed by atoms with Crippen LogP contribution in [-0.2, 0) is 29.0 Å². The topological polar surface area (TPSA) is 39.4 Å². The third-order valence-electron chi connectivity index (χ3n) is 5.60. The van der Waals surface area contributed by atoms with Gasteiger partial charge in [-0.1, -0.05) is 81.9 Å². The highest BCUT2D eigenvalue weighted by Crippen LogP contribution is 2.20. The minimum absolute atomic E-state index is 0.259. The van der Waals surface area contributed by atoms with Gasteiger partial charge in [-0.2, -0.15) is 0 Å². The van der Waals surface area contributed by atoms with Crippen molar-refractivity contribution in [3.05, 3.63) is 71.2 Å². The molecular weight excluding hydrogens is 384 g/mol. The first-order chi connectivity index (χ1) is 15.2. The zero-order chi connectivity index (χ0) is 22.2. The van der Waals surface area contributed by atoms with Gasteiger partial charge in [-0.15, -0.1) is 0 Å². The van der Waals surface area contributed by atoms with E-state index in [2.05, 4.69) is 19.9 Å². The Morgan fingerprint density at radius 3 is 2.42 bits per heavy atom. The lowest BCUT2D eigenvalue weighted by Crippen LogP contribution is -2.00. The molecule has 0 saturated heterocycles. The normalized spacial score (nSPS) is 11.3. The van der Waals surface area contributed by atoms with Crippen LogP contribution in [0.25, 0.3) is 0 Å². The van der Waals surface area contributed by atoms with Gasteiger partial charge in [0.1, 0.15) is 18.1 Å². The van der Waals surface area contributed by atoms with E-state index in [1.165, 1.54) is 62.7 Å². The van der Waals surface area contributed by atoms with Crippen molar-refractivity contribution in [3.8, 4) is 0 Å². The molecule has 0 fully saturated rings. The van der Waals surface area contributed by atoms with E-state index in [0.717, 1.165) is 37.0 Å². The average Bonchev–Trinajstić information content (AvgIpc) is 3.13. The van der Waals surface area contributed by atoms with Crippen molar-refractivity contribution in [1.82, 2.24) is 0 Å². The standard InChI is InChI=1S/C28H40O3/c1-3-4-12-19-26-22-24(2)27(31-26)20-15-9-7-5-6-8-10-16-21-28(29)30-23-25-17-13-11-14-18-25/h11,13-14,16-18,21-22H,3-10,12,15,19-20,23H2,1-2H3/b21-16+. The summed E-state index contributed by atoms with van der Waals surface area (Å²) < 4.78 is 11.3. The van der Waals surface area contributed by atoms with Gasteiger partial charge in [0.2, 0.25) is 0 Å². The van der Waals surface area contributed by atoms with Gasteiger partial charge in [0.05, 0.1) is 0 Å². The molecular formula is C28H40O3. The number of carbonyl (C=O) groups is 1. The molecule has 0 aliphatic carbocycles. The van der Waals surface area contributed by atoms with Crippen molar-refractivity contribution < 1.29 is 13.9 Å². The summed E-state index contributed by atoms with van der Waals surface area (Å²) in [5, 5.41) is 0. The second kappa shape index (κ2) is 15.5. The molecule has 0 unspecified atom stereocenters. The van der Waals surface area contributed by atoms with Gasteiger partial charge < -0.3 is 9.15 Å². The van der Waals surface area contributed by atoms with Crippen LogP contribution in [0.5, 0.6) is 0 Å². The van der Waals surface area contributed by atoms with E-state index >= 15 is 0 Å². The van der Waals surface area contributed by atoms with Crippen molar-refractivity contribution in [2.24, 2.45) is 0 Å². The van der Waals surface area contributed by atoms with Gasteiger partial charge in [0, 0.05) is 18.9 Å². The molecule has 1 aromatic heterocycles. The molecule has 0 saturated carbocycles. The quantitative estimate of drug-likeness (QED) is 0.156. The van der Waals surface area contributed by atoms with Crippen LogP contribution >= 0.6 is 0 Å². The third-order valence-corrected chi connectivity index (χ3v) is 5.60. The molecule has 2 rings (SSSR count). The van der Waals surface area contributed by atoms with Crippen LogP contribution < -0.4 is 0 Å². The molecule has 1 aromatic carbocycles. The molecule has 0 amide bonds. The van der Waals surface area contributed by atoms with Crippen molar-refractivity contribution in [3.63, 3.8) is 0 Å². The predicted molar refractivity (Wildman–Crippen MR) is 128 cm³/mol. The van der Waals surface area contributed by atoms with E-state index in [-0.39, 0.29) is 5.97 Å². The Hall–Kier alpha value is -2.29. The van der Waals surface area contributed by atoms with E-state index in [9.17, 15) is 4.79 Å². The zero-order valence-electron chi connectivity index (χ0n) is 19.5. The zero-order valence-corrected chi connectivity index (χ0v) is 19.5. The number of esters is 1. The van der Waals surface area contributed by atoms with Crippen LogP contribution in [0.2, 0.25) is 0 Å². The molecule has 0 spiro atoms. The summed E-state index contributed by atoms with van der Waals surface area (Å²) in [7, 11) is 0. The van der Waals surface area contributed by atoms with Crippen LogP contribution in [0, 0.1) is 6.92 Å². The Kier molecular flexibility index (Phi) is 12.5. The van der Waals surface area contributed by atoms with Gasteiger partial charge in [-0.3, -0.25) is 0 Å². The molecule has 170 valence electrons.